The Kier molecular flexibility index (Phi) is 3.87. The summed E-state index contributed by atoms with van der Waals surface area (Å²) in [5, 5.41) is 0.698. The molecule has 0 aliphatic carbocycles. The first-order valence-electron chi connectivity index (χ1n) is 7.02. The Morgan fingerprint density at radius 1 is 1.19 bits per heavy atom. The number of halogens is 1. The number of nitrogens with zero attached hydrogens (tertiary/aromatic N) is 1. The lowest BCUT2D eigenvalue weighted by molar-refractivity contribution is 0.765. The van der Waals surface area contributed by atoms with E-state index in [9.17, 15) is 0 Å². The first-order valence-corrected chi connectivity index (χ1v) is 7.81. The molecule has 0 aromatic heterocycles. The van der Waals surface area contributed by atoms with Gasteiger partial charge in [0.15, 0.2) is 0 Å². The Labute approximate surface area is 135 Å². The number of aryl methyl sites for hydroxylation is 2. The molecule has 2 aromatic rings. The maximum absolute atomic E-state index is 6.18. The van der Waals surface area contributed by atoms with E-state index in [1.54, 1.807) is 0 Å². The highest BCUT2D eigenvalue weighted by Crippen LogP contribution is 2.37. The van der Waals surface area contributed by atoms with Crippen molar-refractivity contribution in [2.45, 2.75) is 19.8 Å². The third-order valence-corrected chi connectivity index (χ3v) is 4.32. The van der Waals surface area contributed by atoms with E-state index in [0.29, 0.717) is 10.0 Å². The Hall–Kier alpha value is -1.58. The molecule has 0 spiro atoms. The van der Waals surface area contributed by atoms with Gasteiger partial charge in [0.05, 0.1) is 5.69 Å². The largest absolute Gasteiger partial charge is 0.389 e. The molecule has 2 aromatic carbocycles. The highest BCUT2D eigenvalue weighted by molar-refractivity contribution is 7.80. The average Bonchev–Trinajstić information content (AvgIpc) is 2.45. The minimum Gasteiger partial charge on any atom is -0.389 e. The molecule has 0 saturated carbocycles. The zero-order valence-electron chi connectivity index (χ0n) is 11.9. The van der Waals surface area contributed by atoms with E-state index in [0.717, 1.165) is 30.6 Å². The molecule has 0 saturated heterocycles. The Morgan fingerprint density at radius 2 is 2.00 bits per heavy atom. The molecule has 0 bridgehead atoms. The summed E-state index contributed by atoms with van der Waals surface area (Å²) >= 11 is 11.4. The van der Waals surface area contributed by atoms with Crippen LogP contribution in [0.4, 0.5) is 11.4 Å². The zero-order valence-corrected chi connectivity index (χ0v) is 13.5. The van der Waals surface area contributed by atoms with Gasteiger partial charge in [-0.3, -0.25) is 0 Å². The quantitative estimate of drug-likeness (QED) is 0.834. The molecule has 3 rings (SSSR count). The van der Waals surface area contributed by atoms with Crippen molar-refractivity contribution in [3.05, 3.63) is 58.1 Å². The number of rotatable bonds is 2. The lowest BCUT2D eigenvalue weighted by atomic mass is 9.98. The number of nitrogens with two attached hydrogens (primary N) is 1. The lowest BCUT2D eigenvalue weighted by Crippen LogP contribution is -2.27. The van der Waals surface area contributed by atoms with Crippen LogP contribution in [0.2, 0.25) is 5.02 Å². The standard InChI is InChI=1S/C17H17ClN2S/c1-11-4-7-15-12(9-11)3-2-8-20(15)16-10-13(18)5-6-14(16)17(19)21/h4-7,9-10H,2-3,8H2,1H3,(H2,19,21). The Bertz CT molecular complexity index is 712. The normalized spacial score (nSPS) is 13.9. The molecule has 1 aliphatic heterocycles. The van der Waals surface area contributed by atoms with Crippen molar-refractivity contribution in [1.82, 2.24) is 0 Å². The van der Waals surface area contributed by atoms with Gasteiger partial charge in [-0.2, -0.15) is 0 Å². The molecule has 0 atom stereocenters. The molecular weight excluding hydrogens is 300 g/mol. The second kappa shape index (κ2) is 5.66. The van der Waals surface area contributed by atoms with E-state index in [4.69, 9.17) is 29.6 Å². The van der Waals surface area contributed by atoms with Crippen molar-refractivity contribution in [3.8, 4) is 0 Å². The molecule has 0 unspecified atom stereocenters. The van der Waals surface area contributed by atoms with Crippen LogP contribution in [0.1, 0.15) is 23.1 Å². The summed E-state index contributed by atoms with van der Waals surface area (Å²) in [6.07, 6.45) is 2.22. The van der Waals surface area contributed by atoms with Crippen molar-refractivity contribution in [2.75, 3.05) is 11.4 Å². The Balaban J connectivity index is 2.15. The third-order valence-electron chi connectivity index (χ3n) is 3.87. The van der Waals surface area contributed by atoms with Gasteiger partial charge in [0.1, 0.15) is 4.99 Å². The fourth-order valence-electron chi connectivity index (χ4n) is 2.91. The van der Waals surface area contributed by atoms with Crippen molar-refractivity contribution < 1.29 is 0 Å². The molecular formula is C17H17ClN2S. The molecule has 2 N–H and O–H groups in total. The van der Waals surface area contributed by atoms with Crippen molar-refractivity contribution in [3.63, 3.8) is 0 Å². The molecule has 1 heterocycles. The van der Waals surface area contributed by atoms with Gasteiger partial charge in [-0.25, -0.2) is 0 Å². The van der Waals surface area contributed by atoms with Crippen LogP contribution in [0, 0.1) is 6.92 Å². The van der Waals surface area contributed by atoms with E-state index in [1.807, 2.05) is 18.2 Å². The van der Waals surface area contributed by atoms with Gasteiger partial charge in [0.25, 0.3) is 0 Å². The number of thiocarbonyl (C=S) groups is 1. The number of benzene rings is 2. The second-order valence-electron chi connectivity index (χ2n) is 5.41. The topological polar surface area (TPSA) is 29.3 Å². The van der Waals surface area contributed by atoms with E-state index in [-0.39, 0.29) is 0 Å². The van der Waals surface area contributed by atoms with Crippen LogP contribution in [0.15, 0.2) is 36.4 Å². The number of hydrogen-bond donors (Lipinski definition) is 1. The maximum Gasteiger partial charge on any atom is 0.106 e. The van der Waals surface area contributed by atoms with Gasteiger partial charge >= 0.3 is 0 Å². The van der Waals surface area contributed by atoms with Crippen LogP contribution in [0.5, 0.6) is 0 Å². The predicted octanol–water partition coefficient (Wildman–Crippen LogP) is 4.37. The smallest absolute Gasteiger partial charge is 0.106 e. The zero-order chi connectivity index (χ0) is 15.0. The van der Waals surface area contributed by atoms with E-state index >= 15 is 0 Å². The molecule has 1 aliphatic rings. The van der Waals surface area contributed by atoms with Gasteiger partial charge in [0.2, 0.25) is 0 Å². The van der Waals surface area contributed by atoms with Crippen LogP contribution in [-0.4, -0.2) is 11.5 Å². The van der Waals surface area contributed by atoms with E-state index < -0.39 is 0 Å². The van der Waals surface area contributed by atoms with E-state index in [1.165, 1.54) is 16.8 Å². The summed E-state index contributed by atoms with van der Waals surface area (Å²) in [6, 6.07) is 12.3. The monoisotopic (exact) mass is 316 g/mol. The van der Waals surface area contributed by atoms with Gasteiger partial charge in [0, 0.05) is 22.8 Å². The summed E-state index contributed by atoms with van der Waals surface area (Å²) in [7, 11) is 0. The highest BCUT2D eigenvalue weighted by atomic mass is 35.5. The van der Waals surface area contributed by atoms with Gasteiger partial charge in [-0.15, -0.1) is 0 Å². The SMILES string of the molecule is Cc1ccc2c(c1)CCCN2c1cc(Cl)ccc1C(N)=S. The Morgan fingerprint density at radius 3 is 2.76 bits per heavy atom. The highest BCUT2D eigenvalue weighted by Gasteiger charge is 2.21. The lowest BCUT2D eigenvalue weighted by Gasteiger charge is -2.33. The number of anilines is 2. The first-order chi connectivity index (χ1) is 10.1. The predicted molar refractivity (Wildman–Crippen MR) is 93.8 cm³/mol. The molecule has 0 fully saturated rings. The van der Waals surface area contributed by atoms with Gasteiger partial charge in [-0.1, -0.05) is 41.5 Å². The van der Waals surface area contributed by atoms with Crippen LogP contribution < -0.4 is 10.6 Å². The fraction of sp³-hybridized carbons (Fsp3) is 0.235. The van der Waals surface area contributed by atoms with Crippen molar-refractivity contribution >= 4 is 40.2 Å². The summed E-state index contributed by atoms with van der Waals surface area (Å²) in [4.78, 5) is 2.68. The molecule has 108 valence electrons. The second-order valence-corrected chi connectivity index (χ2v) is 6.29. The molecule has 0 amide bonds. The number of fused-ring (bicyclic) bond motifs is 1. The maximum atomic E-state index is 6.18. The molecule has 4 heteroatoms. The molecule has 2 nitrogen and oxygen atoms in total. The summed E-state index contributed by atoms with van der Waals surface area (Å²) < 4.78 is 0. The van der Waals surface area contributed by atoms with E-state index in [2.05, 4.69) is 30.0 Å². The van der Waals surface area contributed by atoms with Crippen LogP contribution >= 0.6 is 23.8 Å². The van der Waals surface area contributed by atoms with Crippen LogP contribution in [0.3, 0.4) is 0 Å². The fourth-order valence-corrected chi connectivity index (χ4v) is 3.25. The molecule has 0 radical (unpaired) electrons. The van der Waals surface area contributed by atoms with Crippen molar-refractivity contribution in [2.24, 2.45) is 5.73 Å². The van der Waals surface area contributed by atoms with Crippen molar-refractivity contribution in [1.29, 1.82) is 0 Å². The molecule has 21 heavy (non-hydrogen) atoms. The van der Waals surface area contributed by atoms with Crippen LogP contribution in [0.25, 0.3) is 0 Å². The van der Waals surface area contributed by atoms with Crippen LogP contribution in [-0.2, 0) is 6.42 Å². The van der Waals surface area contributed by atoms with Gasteiger partial charge < -0.3 is 10.6 Å². The summed E-state index contributed by atoms with van der Waals surface area (Å²) in [5.74, 6) is 0. The number of hydrogen-bond acceptors (Lipinski definition) is 2. The van der Waals surface area contributed by atoms with Gasteiger partial charge in [-0.05, 0) is 49.6 Å². The first kappa shape index (κ1) is 14.4. The summed E-state index contributed by atoms with van der Waals surface area (Å²) in [5.41, 5.74) is 11.6. The average molecular weight is 317 g/mol. The third kappa shape index (κ3) is 2.76. The minimum atomic E-state index is 0.404. The summed E-state index contributed by atoms with van der Waals surface area (Å²) in [6.45, 7) is 3.07. The minimum absolute atomic E-state index is 0.404.